The number of ether oxygens (including phenoxy) is 1. The third-order valence-electron chi connectivity index (χ3n) is 1.87. The van der Waals surface area contributed by atoms with Gasteiger partial charge in [-0.25, -0.2) is 4.79 Å². The number of rotatable bonds is 5. The van der Waals surface area contributed by atoms with E-state index in [0.717, 1.165) is 25.1 Å². The van der Waals surface area contributed by atoms with Gasteiger partial charge in [0.25, 0.3) is 0 Å². The SMILES string of the molecule is CCCCC(N)=[N+](C)CC(=O)OC. The van der Waals surface area contributed by atoms with Crippen molar-refractivity contribution in [1.29, 1.82) is 0 Å². The molecule has 0 saturated carbocycles. The summed E-state index contributed by atoms with van der Waals surface area (Å²) in [6.07, 6.45) is 2.99. The summed E-state index contributed by atoms with van der Waals surface area (Å²) in [6.45, 7) is 2.33. The first-order chi connectivity index (χ1) is 6.11. The quantitative estimate of drug-likeness (QED) is 0.292. The van der Waals surface area contributed by atoms with Crippen molar-refractivity contribution in [3.05, 3.63) is 0 Å². The number of nitrogens with zero attached hydrogens (tertiary/aromatic N) is 1. The van der Waals surface area contributed by atoms with Crippen LogP contribution in [0.3, 0.4) is 0 Å². The standard InChI is InChI=1S/C9H18N2O2/c1-4-5-6-8(10)11(2)7-9(12)13-3/h10H,4-7H2,1-3H3/p+1. The first kappa shape index (κ1) is 11.9. The maximum Gasteiger partial charge on any atom is 0.347 e. The van der Waals surface area contributed by atoms with Gasteiger partial charge in [-0.1, -0.05) is 13.3 Å². The molecule has 0 amide bonds. The number of amidine groups is 1. The summed E-state index contributed by atoms with van der Waals surface area (Å²) < 4.78 is 6.25. The molecule has 0 radical (unpaired) electrons. The number of nitrogens with two attached hydrogens (primary N) is 1. The van der Waals surface area contributed by atoms with Crippen LogP contribution in [0.2, 0.25) is 0 Å². The van der Waals surface area contributed by atoms with Gasteiger partial charge in [0.15, 0.2) is 6.54 Å². The minimum Gasteiger partial charge on any atom is -0.466 e. The van der Waals surface area contributed by atoms with E-state index in [4.69, 9.17) is 5.73 Å². The van der Waals surface area contributed by atoms with Crippen LogP contribution in [0.5, 0.6) is 0 Å². The summed E-state index contributed by atoms with van der Waals surface area (Å²) in [7, 11) is 3.17. The van der Waals surface area contributed by atoms with Gasteiger partial charge in [0.05, 0.1) is 14.2 Å². The Balaban J connectivity index is 4.02. The van der Waals surface area contributed by atoms with Crippen LogP contribution in [0.1, 0.15) is 26.2 Å². The third kappa shape index (κ3) is 5.22. The van der Waals surface area contributed by atoms with Gasteiger partial charge in [-0.05, 0) is 6.42 Å². The van der Waals surface area contributed by atoms with Crippen LogP contribution in [0, 0.1) is 0 Å². The van der Waals surface area contributed by atoms with E-state index in [9.17, 15) is 4.79 Å². The second kappa shape index (κ2) is 6.46. The maximum atomic E-state index is 10.9. The van der Waals surface area contributed by atoms with Crippen molar-refractivity contribution in [3.63, 3.8) is 0 Å². The fourth-order valence-electron chi connectivity index (χ4n) is 0.909. The van der Waals surface area contributed by atoms with Gasteiger partial charge in [0, 0.05) is 6.42 Å². The molecule has 0 aromatic heterocycles. The second-order valence-corrected chi connectivity index (χ2v) is 3.03. The summed E-state index contributed by atoms with van der Waals surface area (Å²) in [5.74, 6) is 0.481. The lowest BCUT2D eigenvalue weighted by Crippen LogP contribution is -2.30. The van der Waals surface area contributed by atoms with E-state index >= 15 is 0 Å². The molecule has 0 aliphatic heterocycles. The largest absolute Gasteiger partial charge is 0.466 e. The number of esters is 1. The van der Waals surface area contributed by atoms with Gasteiger partial charge in [-0.3, -0.25) is 10.3 Å². The Kier molecular flexibility index (Phi) is 5.93. The molecule has 0 spiro atoms. The van der Waals surface area contributed by atoms with Crippen molar-refractivity contribution in [2.75, 3.05) is 20.7 Å². The predicted octanol–water partition coefficient (Wildman–Crippen LogP) is 0.349. The Morgan fingerprint density at radius 3 is 2.62 bits per heavy atom. The zero-order chi connectivity index (χ0) is 10.3. The Morgan fingerprint density at radius 1 is 1.54 bits per heavy atom. The minimum atomic E-state index is -0.262. The highest BCUT2D eigenvalue weighted by molar-refractivity contribution is 5.77. The molecule has 76 valence electrons. The van der Waals surface area contributed by atoms with Crippen molar-refractivity contribution in [1.82, 2.24) is 0 Å². The van der Waals surface area contributed by atoms with Gasteiger partial charge in [-0.2, -0.15) is 0 Å². The second-order valence-electron chi connectivity index (χ2n) is 3.03. The predicted molar refractivity (Wildman–Crippen MR) is 51.8 cm³/mol. The van der Waals surface area contributed by atoms with Crippen LogP contribution >= 0.6 is 0 Å². The van der Waals surface area contributed by atoms with E-state index in [-0.39, 0.29) is 12.5 Å². The number of carbonyl (C=O) groups excluding carboxylic acids is 1. The van der Waals surface area contributed by atoms with Crippen LogP contribution in [-0.4, -0.2) is 37.1 Å². The molecule has 0 saturated heterocycles. The molecule has 0 aromatic carbocycles. The molecule has 0 aliphatic rings. The summed E-state index contributed by atoms with van der Waals surface area (Å²) >= 11 is 0. The number of unbranched alkanes of at least 4 members (excludes halogenated alkanes) is 1. The zero-order valence-electron chi connectivity index (χ0n) is 8.67. The Morgan fingerprint density at radius 2 is 2.15 bits per heavy atom. The van der Waals surface area contributed by atoms with Crippen LogP contribution in [0.4, 0.5) is 0 Å². The summed E-state index contributed by atoms with van der Waals surface area (Å²) in [4.78, 5) is 10.9. The van der Waals surface area contributed by atoms with Crippen molar-refractivity contribution < 1.29 is 14.1 Å². The van der Waals surface area contributed by atoms with Crippen molar-refractivity contribution >= 4 is 11.8 Å². The molecule has 0 fully saturated rings. The maximum absolute atomic E-state index is 10.9. The smallest absolute Gasteiger partial charge is 0.347 e. The molecule has 0 heterocycles. The Hall–Kier alpha value is -1.06. The van der Waals surface area contributed by atoms with Crippen LogP contribution < -0.4 is 5.73 Å². The molecule has 0 bridgehead atoms. The van der Waals surface area contributed by atoms with E-state index in [0.29, 0.717) is 0 Å². The Labute approximate surface area is 79.4 Å². The number of hydrogen-bond donors (Lipinski definition) is 1. The van der Waals surface area contributed by atoms with Gasteiger partial charge in [0.2, 0.25) is 5.84 Å². The minimum absolute atomic E-state index is 0.228. The van der Waals surface area contributed by atoms with Crippen LogP contribution in [-0.2, 0) is 9.53 Å². The Bertz CT molecular complexity index is 200. The lowest BCUT2D eigenvalue weighted by molar-refractivity contribution is -0.489. The highest BCUT2D eigenvalue weighted by atomic mass is 16.5. The lowest BCUT2D eigenvalue weighted by atomic mass is 10.2. The molecule has 0 aromatic rings. The average Bonchev–Trinajstić information content (AvgIpc) is 2.13. The average molecular weight is 187 g/mol. The first-order valence-corrected chi connectivity index (χ1v) is 4.51. The van der Waals surface area contributed by atoms with Crippen molar-refractivity contribution in [3.8, 4) is 0 Å². The number of methoxy groups -OCH3 is 1. The molecule has 0 atom stereocenters. The highest BCUT2D eigenvalue weighted by Crippen LogP contribution is 1.93. The lowest BCUT2D eigenvalue weighted by Gasteiger charge is -2.02. The highest BCUT2D eigenvalue weighted by Gasteiger charge is 2.08. The van der Waals surface area contributed by atoms with Gasteiger partial charge < -0.3 is 4.74 Å². The number of likely N-dealkylation sites (N-methyl/N-ethyl adjacent to an activating group) is 1. The van der Waals surface area contributed by atoms with E-state index < -0.39 is 0 Å². The zero-order valence-corrected chi connectivity index (χ0v) is 8.67. The molecule has 4 nitrogen and oxygen atoms in total. The molecule has 0 unspecified atom stereocenters. The van der Waals surface area contributed by atoms with E-state index in [1.165, 1.54) is 7.11 Å². The number of hydrogen-bond acceptors (Lipinski definition) is 2. The molecule has 2 N–H and O–H groups in total. The van der Waals surface area contributed by atoms with Gasteiger partial charge in [-0.15, -0.1) is 0 Å². The molecular formula is C9H19N2O2+. The van der Waals surface area contributed by atoms with Gasteiger partial charge >= 0.3 is 5.97 Å². The van der Waals surface area contributed by atoms with E-state index in [2.05, 4.69) is 11.7 Å². The molecule has 13 heavy (non-hydrogen) atoms. The normalized spacial score (nSPS) is 12.2. The fraction of sp³-hybridized carbons (Fsp3) is 0.778. The number of carbonyl (C=O) groups is 1. The molecule has 0 rings (SSSR count). The molecule has 4 heteroatoms. The van der Waals surface area contributed by atoms with Crippen molar-refractivity contribution in [2.45, 2.75) is 26.2 Å². The van der Waals surface area contributed by atoms with E-state index in [1.54, 1.807) is 11.6 Å². The summed E-state index contributed by atoms with van der Waals surface area (Å²) in [5.41, 5.74) is 5.74. The topological polar surface area (TPSA) is 55.3 Å². The van der Waals surface area contributed by atoms with E-state index in [1.807, 2.05) is 0 Å². The fourth-order valence-corrected chi connectivity index (χ4v) is 0.909. The molecular weight excluding hydrogens is 168 g/mol. The molecule has 0 aliphatic carbocycles. The summed E-state index contributed by atoms with van der Waals surface area (Å²) in [5, 5.41) is 0. The van der Waals surface area contributed by atoms with Crippen LogP contribution in [0.25, 0.3) is 0 Å². The first-order valence-electron chi connectivity index (χ1n) is 4.51. The van der Waals surface area contributed by atoms with Gasteiger partial charge in [0.1, 0.15) is 0 Å². The summed E-state index contributed by atoms with van der Waals surface area (Å²) in [6, 6.07) is 0. The van der Waals surface area contributed by atoms with Crippen LogP contribution in [0.15, 0.2) is 0 Å². The third-order valence-corrected chi connectivity index (χ3v) is 1.87. The monoisotopic (exact) mass is 187 g/mol. The van der Waals surface area contributed by atoms with Crippen molar-refractivity contribution in [2.24, 2.45) is 5.73 Å².